The molecule has 0 radical (unpaired) electrons. The molecule has 0 aliphatic carbocycles. The third kappa shape index (κ3) is 3.54. The van der Waals surface area contributed by atoms with E-state index in [9.17, 15) is 8.42 Å². The van der Waals surface area contributed by atoms with E-state index in [0.29, 0.717) is 24.7 Å². The zero-order chi connectivity index (χ0) is 19.1. The van der Waals surface area contributed by atoms with E-state index in [2.05, 4.69) is 9.82 Å². The summed E-state index contributed by atoms with van der Waals surface area (Å²) in [7, 11) is -3.80. The van der Waals surface area contributed by atoms with Crippen LogP contribution >= 0.6 is 11.6 Å². The maximum atomic E-state index is 12.7. The Hall–Kier alpha value is -1.77. The number of hydrogen-bond acceptors (Lipinski definition) is 5. The molecule has 1 aromatic carbocycles. The number of nitrogens with one attached hydrogen (secondary N) is 1. The second kappa shape index (κ2) is 7.09. The van der Waals surface area contributed by atoms with Crippen LogP contribution in [-0.2, 0) is 10.0 Å². The monoisotopic (exact) mass is 399 g/mol. The molecule has 142 valence electrons. The van der Waals surface area contributed by atoms with E-state index in [4.69, 9.17) is 21.1 Å². The number of fused-ring (bicyclic) bond motifs is 1. The van der Waals surface area contributed by atoms with Crippen molar-refractivity contribution in [3.63, 3.8) is 0 Å². The summed E-state index contributed by atoms with van der Waals surface area (Å²) < 4.78 is 40.7. The lowest BCUT2D eigenvalue weighted by molar-refractivity contribution is 0.171. The van der Waals surface area contributed by atoms with E-state index in [1.807, 2.05) is 32.4 Å². The highest BCUT2D eigenvalue weighted by atomic mass is 35.5. The van der Waals surface area contributed by atoms with Crippen molar-refractivity contribution < 1.29 is 17.9 Å². The maximum Gasteiger partial charge on any atom is 0.242 e. The second-order valence-corrected chi connectivity index (χ2v) is 8.51. The third-order valence-corrected chi connectivity index (χ3v) is 6.45. The Labute approximate surface area is 158 Å². The van der Waals surface area contributed by atoms with Gasteiger partial charge < -0.3 is 9.47 Å². The molecule has 26 heavy (non-hydrogen) atoms. The zero-order valence-electron chi connectivity index (χ0n) is 15.2. The van der Waals surface area contributed by atoms with Crippen molar-refractivity contribution in [1.82, 2.24) is 14.5 Å². The average molecular weight is 400 g/mol. The second-order valence-electron chi connectivity index (χ2n) is 6.37. The summed E-state index contributed by atoms with van der Waals surface area (Å²) >= 11 is 6.16. The maximum absolute atomic E-state index is 12.7. The number of benzene rings is 1. The minimum absolute atomic E-state index is 0.0276. The number of aryl methyl sites for hydroxylation is 1. The summed E-state index contributed by atoms with van der Waals surface area (Å²) in [5, 5.41) is 4.57. The van der Waals surface area contributed by atoms with Gasteiger partial charge in [-0.25, -0.2) is 13.1 Å². The Morgan fingerprint density at radius 2 is 1.85 bits per heavy atom. The lowest BCUT2D eigenvalue weighted by atomic mass is 10.2. The van der Waals surface area contributed by atoms with E-state index in [1.54, 1.807) is 0 Å². The van der Waals surface area contributed by atoms with Gasteiger partial charge in [-0.3, -0.25) is 4.68 Å². The molecule has 1 atom stereocenters. The van der Waals surface area contributed by atoms with Gasteiger partial charge in [0, 0.05) is 24.4 Å². The van der Waals surface area contributed by atoms with Crippen molar-refractivity contribution in [3.8, 4) is 11.5 Å². The largest absolute Gasteiger partial charge is 0.486 e. The first-order valence-corrected chi connectivity index (χ1v) is 10.2. The third-order valence-electron chi connectivity index (χ3n) is 4.56. The molecule has 7 nitrogen and oxygen atoms in total. The molecule has 0 bridgehead atoms. The van der Waals surface area contributed by atoms with Crippen molar-refractivity contribution in [2.24, 2.45) is 0 Å². The Balaban J connectivity index is 1.80. The zero-order valence-corrected chi connectivity index (χ0v) is 16.7. The van der Waals surface area contributed by atoms with Crippen molar-refractivity contribution in [2.45, 2.75) is 38.6 Å². The summed E-state index contributed by atoms with van der Waals surface area (Å²) in [4.78, 5) is -0.0276. The number of nitrogens with zero attached hydrogens (tertiary/aromatic N) is 2. The van der Waals surface area contributed by atoms with Gasteiger partial charge in [-0.1, -0.05) is 11.6 Å². The van der Waals surface area contributed by atoms with Crippen LogP contribution in [0.15, 0.2) is 17.0 Å². The molecular weight excluding hydrogens is 378 g/mol. The highest BCUT2D eigenvalue weighted by Gasteiger charge is 2.24. The van der Waals surface area contributed by atoms with E-state index in [-0.39, 0.29) is 22.5 Å². The average Bonchev–Trinajstić information content (AvgIpc) is 2.86. The molecule has 1 aromatic heterocycles. The predicted molar refractivity (Wildman–Crippen MR) is 98.8 cm³/mol. The van der Waals surface area contributed by atoms with Gasteiger partial charge in [0.2, 0.25) is 10.0 Å². The van der Waals surface area contributed by atoms with Gasteiger partial charge >= 0.3 is 0 Å². The molecule has 0 saturated heterocycles. The first kappa shape index (κ1) is 19.0. The van der Waals surface area contributed by atoms with Crippen LogP contribution in [0.2, 0.25) is 5.02 Å². The Morgan fingerprint density at radius 3 is 2.42 bits per heavy atom. The predicted octanol–water partition coefficient (Wildman–Crippen LogP) is 2.77. The lowest BCUT2D eigenvalue weighted by Gasteiger charge is -2.20. The molecule has 0 saturated carbocycles. The van der Waals surface area contributed by atoms with Gasteiger partial charge in [0.05, 0.1) is 16.8 Å². The number of halogens is 1. The van der Waals surface area contributed by atoms with Crippen LogP contribution < -0.4 is 14.2 Å². The molecule has 2 aromatic rings. The number of ether oxygens (including phenoxy) is 2. The highest BCUT2D eigenvalue weighted by Crippen LogP contribution is 2.37. The fourth-order valence-corrected chi connectivity index (χ4v) is 4.47. The van der Waals surface area contributed by atoms with Crippen molar-refractivity contribution in [3.05, 3.63) is 34.1 Å². The van der Waals surface area contributed by atoms with Crippen LogP contribution in [0.25, 0.3) is 0 Å². The quantitative estimate of drug-likeness (QED) is 0.835. The first-order chi connectivity index (χ1) is 12.2. The molecule has 9 heteroatoms. The Bertz CT molecular complexity index is 940. The van der Waals surface area contributed by atoms with Gasteiger partial charge in [0.25, 0.3) is 0 Å². The molecule has 2 heterocycles. The van der Waals surface area contributed by atoms with Crippen LogP contribution in [0.3, 0.4) is 0 Å². The normalized spacial score (nSPS) is 15.1. The summed E-state index contributed by atoms with van der Waals surface area (Å²) in [6, 6.07) is 2.73. The minimum Gasteiger partial charge on any atom is -0.486 e. The van der Waals surface area contributed by atoms with Gasteiger partial charge in [-0.15, -0.1) is 0 Å². The molecule has 0 fully saturated rings. The molecule has 3 rings (SSSR count). The summed E-state index contributed by atoms with van der Waals surface area (Å²) in [6.45, 7) is 8.78. The molecule has 0 amide bonds. The molecule has 0 unspecified atom stereocenters. The summed E-state index contributed by atoms with van der Waals surface area (Å²) in [6.07, 6.45) is 0. The smallest absolute Gasteiger partial charge is 0.242 e. The lowest BCUT2D eigenvalue weighted by Crippen LogP contribution is -2.31. The number of rotatable bonds is 5. The van der Waals surface area contributed by atoms with Crippen LogP contribution in [0, 0.1) is 20.8 Å². The van der Waals surface area contributed by atoms with Crippen molar-refractivity contribution in [1.29, 1.82) is 0 Å². The SMILES string of the molecule is Cc1nn([C@@H](C)CNS(=O)(=O)c2cc3c(cc2Cl)OCCO3)c(C)c1C. The summed E-state index contributed by atoms with van der Waals surface area (Å²) in [5.41, 5.74) is 3.06. The number of aromatic nitrogens is 2. The van der Waals surface area contributed by atoms with Crippen molar-refractivity contribution >= 4 is 21.6 Å². The van der Waals surface area contributed by atoms with Gasteiger partial charge in [0.1, 0.15) is 18.1 Å². The first-order valence-electron chi connectivity index (χ1n) is 8.32. The molecular formula is C17H22ClN3O4S. The van der Waals surface area contributed by atoms with Gasteiger partial charge in [0.15, 0.2) is 11.5 Å². The molecule has 0 spiro atoms. The fourth-order valence-electron chi connectivity index (χ4n) is 2.82. The number of sulfonamides is 1. The highest BCUT2D eigenvalue weighted by molar-refractivity contribution is 7.89. The Morgan fingerprint density at radius 1 is 1.23 bits per heavy atom. The van der Waals surface area contributed by atoms with E-state index in [1.165, 1.54) is 12.1 Å². The fraction of sp³-hybridized carbons (Fsp3) is 0.471. The topological polar surface area (TPSA) is 82.5 Å². The molecule has 1 aliphatic rings. The minimum atomic E-state index is -3.80. The van der Waals surface area contributed by atoms with E-state index < -0.39 is 10.0 Å². The Kier molecular flexibility index (Phi) is 5.18. The molecule has 1 aliphatic heterocycles. The van der Waals surface area contributed by atoms with E-state index >= 15 is 0 Å². The summed E-state index contributed by atoms with van der Waals surface area (Å²) in [5.74, 6) is 0.829. The van der Waals surface area contributed by atoms with Crippen LogP contribution in [0.5, 0.6) is 11.5 Å². The van der Waals surface area contributed by atoms with Crippen LogP contribution in [-0.4, -0.2) is 38.0 Å². The van der Waals surface area contributed by atoms with Crippen LogP contribution in [0.1, 0.15) is 29.9 Å². The van der Waals surface area contributed by atoms with Gasteiger partial charge in [-0.05, 0) is 33.3 Å². The molecule has 1 N–H and O–H groups in total. The van der Waals surface area contributed by atoms with Gasteiger partial charge in [-0.2, -0.15) is 5.10 Å². The van der Waals surface area contributed by atoms with Crippen LogP contribution in [0.4, 0.5) is 0 Å². The number of hydrogen-bond donors (Lipinski definition) is 1. The standard InChI is InChI=1S/C17H22ClN3O4S/c1-10(21-13(4)11(2)12(3)20-21)9-19-26(22,23)17-8-16-15(7-14(17)18)24-5-6-25-16/h7-8,10,19H,5-6,9H2,1-4H3/t10-/m0/s1. The van der Waals surface area contributed by atoms with Crippen molar-refractivity contribution in [2.75, 3.05) is 19.8 Å². The van der Waals surface area contributed by atoms with E-state index in [0.717, 1.165) is 17.0 Å².